The minimum atomic E-state index is -0.447. The van der Waals surface area contributed by atoms with Crippen LogP contribution in [0.1, 0.15) is 29.0 Å². The topological polar surface area (TPSA) is 93.5 Å². The second kappa shape index (κ2) is 8.51. The number of amides is 1. The highest BCUT2D eigenvalue weighted by atomic mass is 79.9. The summed E-state index contributed by atoms with van der Waals surface area (Å²) in [7, 11) is 0. The van der Waals surface area contributed by atoms with Crippen LogP contribution in [0.2, 0.25) is 0 Å². The van der Waals surface area contributed by atoms with Crippen LogP contribution in [0.5, 0.6) is 0 Å². The van der Waals surface area contributed by atoms with Crippen LogP contribution in [0.15, 0.2) is 45.0 Å². The number of nitrogens with zero attached hydrogens (tertiary/aromatic N) is 1. The predicted octanol–water partition coefficient (Wildman–Crippen LogP) is 2.99. The maximum atomic E-state index is 13.2. The van der Waals surface area contributed by atoms with Crippen molar-refractivity contribution in [2.24, 2.45) is 5.92 Å². The van der Waals surface area contributed by atoms with Crippen molar-refractivity contribution >= 4 is 27.6 Å². The number of carbonyl (C=O) groups is 2. The van der Waals surface area contributed by atoms with Crippen LogP contribution < -0.4 is 10.6 Å². The summed E-state index contributed by atoms with van der Waals surface area (Å²) in [4.78, 5) is 25.7. The molecular weight excluding hydrogens is 438 g/mol. The Morgan fingerprint density at radius 1 is 1.21 bits per heavy atom. The molecule has 0 saturated carbocycles. The highest BCUT2D eigenvalue weighted by molar-refractivity contribution is 9.10. The zero-order valence-electron chi connectivity index (χ0n) is 16.0. The van der Waals surface area contributed by atoms with E-state index in [0.29, 0.717) is 42.5 Å². The number of benzene rings is 1. The smallest absolute Gasteiger partial charge is 0.267 e. The summed E-state index contributed by atoms with van der Waals surface area (Å²) in [6.07, 6.45) is 3.31. The van der Waals surface area contributed by atoms with Gasteiger partial charge in [-0.3, -0.25) is 9.59 Å². The number of Topliss-reactive ketones (excluding diaryl/α,β-unsaturated/α-hetero) is 1. The molecule has 2 aromatic rings. The molecule has 3 heterocycles. The Labute approximate surface area is 177 Å². The van der Waals surface area contributed by atoms with Gasteiger partial charge in [-0.05, 0) is 38.0 Å². The molecule has 1 saturated heterocycles. The van der Waals surface area contributed by atoms with Crippen molar-refractivity contribution in [3.8, 4) is 11.3 Å². The lowest BCUT2D eigenvalue weighted by Crippen LogP contribution is -2.41. The zero-order chi connectivity index (χ0) is 20.4. The van der Waals surface area contributed by atoms with E-state index in [2.05, 4.69) is 31.7 Å². The standard InChI is InChI=1S/C21H22BrN3O4/c1-12-18(19(25-29-12)13-2-4-15(22)5-3-13)20(26)14-10-17(23-11-14)21(27)24-16-6-8-28-9-7-16/h2-5,10,14,16,23H,6-9,11H2,1H3,(H,24,27). The van der Waals surface area contributed by atoms with Crippen molar-refractivity contribution < 1.29 is 18.8 Å². The molecule has 8 heteroatoms. The van der Waals surface area contributed by atoms with E-state index in [0.717, 1.165) is 22.9 Å². The van der Waals surface area contributed by atoms with Gasteiger partial charge in [0.05, 0.1) is 17.2 Å². The fraction of sp³-hybridized carbons (Fsp3) is 0.381. The van der Waals surface area contributed by atoms with Gasteiger partial charge in [-0.25, -0.2) is 0 Å². The second-order valence-electron chi connectivity index (χ2n) is 7.26. The SMILES string of the molecule is Cc1onc(-c2ccc(Br)cc2)c1C(=O)C1C=C(C(=O)NC2CCOCC2)NC1. The summed E-state index contributed by atoms with van der Waals surface area (Å²) in [6, 6.07) is 7.66. The predicted molar refractivity (Wildman–Crippen MR) is 110 cm³/mol. The molecule has 1 unspecified atom stereocenters. The van der Waals surface area contributed by atoms with Crippen LogP contribution in [0.4, 0.5) is 0 Å². The van der Waals surface area contributed by atoms with E-state index < -0.39 is 5.92 Å². The number of halogens is 1. The molecule has 7 nitrogen and oxygen atoms in total. The normalized spacial score (nSPS) is 19.5. The highest BCUT2D eigenvalue weighted by Gasteiger charge is 2.32. The van der Waals surface area contributed by atoms with Gasteiger partial charge in [0, 0.05) is 35.8 Å². The first-order valence-corrected chi connectivity index (χ1v) is 10.4. The minimum Gasteiger partial charge on any atom is -0.381 e. The van der Waals surface area contributed by atoms with Crippen LogP contribution in [0, 0.1) is 12.8 Å². The summed E-state index contributed by atoms with van der Waals surface area (Å²) in [6.45, 7) is 3.42. The Morgan fingerprint density at radius 2 is 1.93 bits per heavy atom. The Balaban J connectivity index is 1.51. The van der Waals surface area contributed by atoms with Crippen molar-refractivity contribution in [3.63, 3.8) is 0 Å². The summed E-state index contributed by atoms with van der Waals surface area (Å²) in [5.41, 5.74) is 2.23. The quantitative estimate of drug-likeness (QED) is 0.667. The maximum absolute atomic E-state index is 13.2. The first-order chi connectivity index (χ1) is 14.0. The van der Waals surface area contributed by atoms with Crippen LogP contribution in [0.3, 0.4) is 0 Å². The van der Waals surface area contributed by atoms with Crippen LogP contribution >= 0.6 is 15.9 Å². The van der Waals surface area contributed by atoms with Gasteiger partial charge in [-0.2, -0.15) is 0 Å². The Hall–Kier alpha value is -2.45. The molecule has 0 spiro atoms. The average molecular weight is 460 g/mol. The number of hydrogen-bond donors (Lipinski definition) is 2. The van der Waals surface area contributed by atoms with Gasteiger partial charge in [0.2, 0.25) is 0 Å². The van der Waals surface area contributed by atoms with E-state index in [4.69, 9.17) is 9.26 Å². The van der Waals surface area contributed by atoms with Crippen molar-refractivity contribution in [3.05, 3.63) is 51.8 Å². The molecule has 2 aliphatic rings. The van der Waals surface area contributed by atoms with E-state index in [-0.39, 0.29) is 17.7 Å². The van der Waals surface area contributed by atoms with Gasteiger partial charge in [-0.15, -0.1) is 0 Å². The number of ether oxygens (including phenoxy) is 1. The number of rotatable bonds is 5. The van der Waals surface area contributed by atoms with Gasteiger partial charge >= 0.3 is 0 Å². The van der Waals surface area contributed by atoms with E-state index in [9.17, 15) is 9.59 Å². The third-order valence-corrected chi connectivity index (χ3v) is 5.77. The number of aryl methyl sites for hydroxylation is 1. The van der Waals surface area contributed by atoms with Gasteiger partial charge in [0.25, 0.3) is 5.91 Å². The van der Waals surface area contributed by atoms with E-state index >= 15 is 0 Å². The lowest BCUT2D eigenvalue weighted by atomic mass is 9.94. The van der Waals surface area contributed by atoms with Crippen molar-refractivity contribution in [2.45, 2.75) is 25.8 Å². The fourth-order valence-electron chi connectivity index (χ4n) is 3.62. The Bertz CT molecular complexity index is 945. The van der Waals surface area contributed by atoms with E-state index in [1.165, 1.54) is 0 Å². The molecule has 1 fully saturated rings. The van der Waals surface area contributed by atoms with E-state index in [1.54, 1.807) is 13.0 Å². The molecule has 2 N–H and O–H groups in total. The molecule has 1 aromatic carbocycles. The molecule has 29 heavy (non-hydrogen) atoms. The molecule has 1 amide bonds. The van der Waals surface area contributed by atoms with Crippen LogP contribution in [0.25, 0.3) is 11.3 Å². The first kappa shape index (κ1) is 19.8. The van der Waals surface area contributed by atoms with Gasteiger partial charge in [-0.1, -0.05) is 33.2 Å². The Morgan fingerprint density at radius 3 is 2.66 bits per heavy atom. The molecule has 4 rings (SSSR count). The maximum Gasteiger partial charge on any atom is 0.267 e. The lowest BCUT2D eigenvalue weighted by molar-refractivity contribution is -0.119. The number of nitrogens with one attached hydrogen (secondary N) is 2. The van der Waals surface area contributed by atoms with Crippen molar-refractivity contribution in [2.75, 3.05) is 19.8 Å². The summed E-state index contributed by atoms with van der Waals surface area (Å²) in [5, 5.41) is 10.2. The average Bonchev–Trinajstić information content (AvgIpc) is 3.36. The molecule has 0 bridgehead atoms. The van der Waals surface area contributed by atoms with Crippen molar-refractivity contribution in [1.29, 1.82) is 0 Å². The number of hydrogen-bond acceptors (Lipinski definition) is 6. The minimum absolute atomic E-state index is 0.108. The van der Waals surface area contributed by atoms with E-state index in [1.807, 2.05) is 24.3 Å². The number of aromatic nitrogens is 1. The lowest BCUT2D eigenvalue weighted by Gasteiger charge is -2.23. The second-order valence-corrected chi connectivity index (χ2v) is 8.18. The molecule has 2 aliphatic heterocycles. The van der Waals surface area contributed by atoms with Crippen molar-refractivity contribution in [1.82, 2.24) is 15.8 Å². The number of carbonyl (C=O) groups excluding carboxylic acids is 2. The third kappa shape index (κ3) is 4.28. The zero-order valence-corrected chi connectivity index (χ0v) is 17.6. The van der Waals surface area contributed by atoms with Crippen LogP contribution in [-0.4, -0.2) is 42.6 Å². The fourth-order valence-corrected chi connectivity index (χ4v) is 3.89. The largest absolute Gasteiger partial charge is 0.381 e. The molecule has 0 radical (unpaired) electrons. The molecule has 0 aliphatic carbocycles. The summed E-state index contributed by atoms with van der Waals surface area (Å²) in [5.74, 6) is -0.260. The monoisotopic (exact) mass is 459 g/mol. The Kier molecular flexibility index (Phi) is 5.82. The first-order valence-electron chi connectivity index (χ1n) is 9.63. The third-order valence-electron chi connectivity index (χ3n) is 5.24. The summed E-state index contributed by atoms with van der Waals surface area (Å²) >= 11 is 3.41. The van der Waals surface area contributed by atoms with Crippen LogP contribution in [-0.2, 0) is 9.53 Å². The molecule has 152 valence electrons. The molecule has 1 atom stereocenters. The molecular formula is C21H22BrN3O4. The van der Waals surface area contributed by atoms with Gasteiger partial charge < -0.3 is 19.9 Å². The summed E-state index contributed by atoms with van der Waals surface area (Å²) < 4.78 is 11.6. The van der Waals surface area contributed by atoms with Gasteiger partial charge in [0.15, 0.2) is 5.78 Å². The van der Waals surface area contributed by atoms with Gasteiger partial charge in [0.1, 0.15) is 11.5 Å². The molecule has 1 aromatic heterocycles. The highest BCUT2D eigenvalue weighted by Crippen LogP contribution is 2.29. The number of ketones is 1.